The van der Waals surface area contributed by atoms with Gasteiger partial charge in [0, 0.05) is 0 Å². The molecule has 1 unspecified atom stereocenters. The maximum Gasteiger partial charge on any atom is 0.256 e. The van der Waals surface area contributed by atoms with Crippen LogP contribution in [0.3, 0.4) is 0 Å². The fraction of sp³-hybridized carbons (Fsp3) is 0.500. The zero-order chi connectivity index (χ0) is 12.2. The average Bonchev–Trinajstić information content (AvgIpc) is 2.21. The third-order valence-corrected chi connectivity index (χ3v) is 2.58. The topological polar surface area (TPSA) is 12.0 Å². The normalized spacial score (nSPS) is 15.1. The molecule has 0 aliphatic heterocycles. The van der Waals surface area contributed by atoms with Gasteiger partial charge in [-0.05, 0) is 31.5 Å². The van der Waals surface area contributed by atoms with Gasteiger partial charge in [-0.2, -0.15) is 0 Å². The highest BCUT2D eigenvalue weighted by Crippen LogP contribution is 2.22. The summed E-state index contributed by atoms with van der Waals surface area (Å²) in [6.07, 6.45) is -2.56. The van der Waals surface area contributed by atoms with E-state index in [9.17, 15) is 13.2 Å². The summed E-state index contributed by atoms with van der Waals surface area (Å²) in [7, 11) is 0. The van der Waals surface area contributed by atoms with Gasteiger partial charge in [0.05, 0.1) is 5.54 Å². The van der Waals surface area contributed by atoms with Gasteiger partial charge in [0.1, 0.15) is 5.82 Å². The molecule has 0 radical (unpaired) electrons. The van der Waals surface area contributed by atoms with E-state index in [2.05, 4.69) is 5.32 Å². The molecule has 0 aromatic heterocycles. The SMILES string of the molecule is CCNC(C)(Cc1ccccc1F)C(F)F. The highest BCUT2D eigenvalue weighted by atomic mass is 19.3. The van der Waals surface area contributed by atoms with Crippen LogP contribution in [0.1, 0.15) is 19.4 Å². The van der Waals surface area contributed by atoms with Crippen molar-refractivity contribution in [3.63, 3.8) is 0 Å². The highest BCUT2D eigenvalue weighted by molar-refractivity contribution is 5.20. The number of alkyl halides is 2. The van der Waals surface area contributed by atoms with Crippen molar-refractivity contribution >= 4 is 0 Å². The summed E-state index contributed by atoms with van der Waals surface area (Å²) < 4.78 is 39.2. The van der Waals surface area contributed by atoms with Crippen molar-refractivity contribution in [3.8, 4) is 0 Å². The second-order valence-corrected chi connectivity index (χ2v) is 4.02. The quantitative estimate of drug-likeness (QED) is 0.821. The summed E-state index contributed by atoms with van der Waals surface area (Å²) in [4.78, 5) is 0. The Morgan fingerprint density at radius 3 is 2.44 bits per heavy atom. The zero-order valence-electron chi connectivity index (χ0n) is 9.43. The van der Waals surface area contributed by atoms with Crippen molar-refractivity contribution < 1.29 is 13.2 Å². The Morgan fingerprint density at radius 1 is 1.31 bits per heavy atom. The summed E-state index contributed by atoms with van der Waals surface area (Å²) in [5.41, 5.74) is -1.07. The van der Waals surface area contributed by atoms with E-state index in [1.165, 1.54) is 19.1 Å². The van der Waals surface area contributed by atoms with Crippen molar-refractivity contribution in [2.45, 2.75) is 32.2 Å². The zero-order valence-corrected chi connectivity index (χ0v) is 9.43. The minimum atomic E-state index is -2.54. The molecule has 0 heterocycles. The molecule has 1 aromatic rings. The van der Waals surface area contributed by atoms with Gasteiger partial charge in [0.15, 0.2) is 0 Å². The lowest BCUT2D eigenvalue weighted by molar-refractivity contribution is 0.0410. The van der Waals surface area contributed by atoms with Crippen LogP contribution < -0.4 is 5.32 Å². The van der Waals surface area contributed by atoms with Crippen molar-refractivity contribution in [1.82, 2.24) is 5.32 Å². The summed E-state index contributed by atoms with van der Waals surface area (Å²) in [6.45, 7) is 3.59. The molecule has 90 valence electrons. The molecule has 1 nitrogen and oxygen atoms in total. The van der Waals surface area contributed by atoms with Gasteiger partial charge >= 0.3 is 0 Å². The number of hydrogen-bond donors (Lipinski definition) is 1. The number of benzene rings is 1. The van der Waals surface area contributed by atoms with Crippen LogP contribution in [0.4, 0.5) is 13.2 Å². The molecule has 0 saturated heterocycles. The molecular weight excluding hydrogens is 215 g/mol. The Bertz CT molecular complexity index is 341. The van der Waals surface area contributed by atoms with E-state index < -0.39 is 17.8 Å². The first-order valence-corrected chi connectivity index (χ1v) is 5.26. The van der Waals surface area contributed by atoms with Crippen LogP contribution in [-0.4, -0.2) is 18.5 Å². The van der Waals surface area contributed by atoms with Crippen molar-refractivity contribution in [2.75, 3.05) is 6.54 Å². The van der Waals surface area contributed by atoms with Crippen LogP contribution in [0.25, 0.3) is 0 Å². The smallest absolute Gasteiger partial charge is 0.256 e. The Morgan fingerprint density at radius 2 is 1.94 bits per heavy atom. The van der Waals surface area contributed by atoms with E-state index in [0.29, 0.717) is 12.1 Å². The lowest BCUT2D eigenvalue weighted by Crippen LogP contribution is -2.50. The number of nitrogens with one attached hydrogen (secondary N) is 1. The van der Waals surface area contributed by atoms with Gasteiger partial charge in [-0.15, -0.1) is 0 Å². The van der Waals surface area contributed by atoms with Gasteiger partial charge in [0.2, 0.25) is 0 Å². The Kier molecular flexibility index (Phi) is 4.35. The lowest BCUT2D eigenvalue weighted by Gasteiger charge is -2.29. The molecule has 0 bridgehead atoms. The van der Waals surface area contributed by atoms with Gasteiger partial charge in [-0.25, -0.2) is 13.2 Å². The third-order valence-electron chi connectivity index (χ3n) is 2.58. The summed E-state index contributed by atoms with van der Waals surface area (Å²) in [6, 6.07) is 6.02. The molecule has 1 atom stereocenters. The molecule has 0 aliphatic rings. The molecule has 1 N–H and O–H groups in total. The van der Waals surface area contributed by atoms with Crippen molar-refractivity contribution in [1.29, 1.82) is 0 Å². The van der Waals surface area contributed by atoms with Crippen LogP contribution in [0.2, 0.25) is 0 Å². The maximum atomic E-state index is 13.4. The number of likely N-dealkylation sites (N-methyl/N-ethyl adjacent to an activating group) is 1. The monoisotopic (exact) mass is 231 g/mol. The molecule has 0 amide bonds. The van der Waals surface area contributed by atoms with E-state index >= 15 is 0 Å². The van der Waals surface area contributed by atoms with Crippen LogP contribution in [0, 0.1) is 5.82 Å². The van der Waals surface area contributed by atoms with E-state index in [-0.39, 0.29) is 6.42 Å². The van der Waals surface area contributed by atoms with Crippen molar-refractivity contribution in [3.05, 3.63) is 35.6 Å². The Hall–Kier alpha value is -1.03. The maximum absolute atomic E-state index is 13.4. The standard InChI is InChI=1S/C12H16F3N/c1-3-16-12(2,11(14)15)8-9-6-4-5-7-10(9)13/h4-7,11,16H,3,8H2,1-2H3. The molecule has 1 rings (SSSR count). The molecule has 0 spiro atoms. The van der Waals surface area contributed by atoms with Gasteiger partial charge in [-0.1, -0.05) is 25.1 Å². The minimum Gasteiger partial charge on any atom is -0.307 e. The Balaban J connectivity index is 2.88. The van der Waals surface area contributed by atoms with Crippen molar-refractivity contribution in [2.24, 2.45) is 0 Å². The first kappa shape index (κ1) is 13.0. The minimum absolute atomic E-state index is 0.0226. The third kappa shape index (κ3) is 2.98. The lowest BCUT2D eigenvalue weighted by atomic mass is 9.93. The van der Waals surface area contributed by atoms with Gasteiger partial charge in [0.25, 0.3) is 6.43 Å². The fourth-order valence-corrected chi connectivity index (χ4v) is 1.66. The first-order chi connectivity index (χ1) is 7.49. The molecule has 0 fully saturated rings. The molecular formula is C12H16F3N. The second kappa shape index (κ2) is 5.34. The highest BCUT2D eigenvalue weighted by Gasteiger charge is 2.34. The molecule has 4 heteroatoms. The predicted molar refractivity (Wildman–Crippen MR) is 58.2 cm³/mol. The summed E-state index contributed by atoms with van der Waals surface area (Å²) >= 11 is 0. The fourth-order valence-electron chi connectivity index (χ4n) is 1.66. The largest absolute Gasteiger partial charge is 0.307 e. The summed E-state index contributed by atoms with van der Waals surface area (Å²) in [5.74, 6) is -0.438. The van der Waals surface area contributed by atoms with Gasteiger partial charge < -0.3 is 5.32 Å². The van der Waals surface area contributed by atoms with Crippen LogP contribution in [0.15, 0.2) is 24.3 Å². The number of rotatable bonds is 5. The predicted octanol–water partition coefficient (Wildman–Crippen LogP) is 3.00. The van der Waals surface area contributed by atoms with E-state index in [4.69, 9.17) is 0 Å². The van der Waals surface area contributed by atoms with Crippen LogP contribution in [-0.2, 0) is 6.42 Å². The number of halogens is 3. The second-order valence-electron chi connectivity index (χ2n) is 4.02. The average molecular weight is 231 g/mol. The van der Waals surface area contributed by atoms with Crippen LogP contribution in [0.5, 0.6) is 0 Å². The van der Waals surface area contributed by atoms with Gasteiger partial charge in [-0.3, -0.25) is 0 Å². The molecule has 0 aliphatic carbocycles. The van der Waals surface area contributed by atoms with E-state index in [1.807, 2.05) is 0 Å². The molecule has 1 aromatic carbocycles. The van der Waals surface area contributed by atoms with Crippen LogP contribution >= 0.6 is 0 Å². The number of hydrogen-bond acceptors (Lipinski definition) is 1. The first-order valence-electron chi connectivity index (χ1n) is 5.26. The Labute approximate surface area is 93.7 Å². The molecule has 0 saturated carbocycles. The van der Waals surface area contributed by atoms with E-state index in [0.717, 1.165) is 0 Å². The molecule has 16 heavy (non-hydrogen) atoms. The van der Waals surface area contributed by atoms with E-state index in [1.54, 1.807) is 19.1 Å². The summed E-state index contributed by atoms with van der Waals surface area (Å²) in [5, 5.41) is 2.72.